The number of alkyl halides is 3. The minimum Gasteiger partial charge on any atom is -0.493 e. The highest BCUT2D eigenvalue weighted by Crippen LogP contribution is 2.35. The molecule has 0 unspecified atom stereocenters. The predicted octanol–water partition coefficient (Wildman–Crippen LogP) is 3.75. The third-order valence-electron chi connectivity index (χ3n) is 2.92. The van der Waals surface area contributed by atoms with Crippen LogP contribution in [0.4, 0.5) is 18.3 Å². The molecular formula is C13H14F3N3O2S. The van der Waals surface area contributed by atoms with Crippen molar-refractivity contribution in [3.63, 3.8) is 0 Å². The van der Waals surface area contributed by atoms with Gasteiger partial charge in [-0.3, -0.25) is 0 Å². The summed E-state index contributed by atoms with van der Waals surface area (Å²) in [6.07, 6.45) is -4.48. The van der Waals surface area contributed by atoms with Crippen LogP contribution >= 0.6 is 11.3 Å². The van der Waals surface area contributed by atoms with Crippen LogP contribution in [0.25, 0.3) is 0 Å². The van der Waals surface area contributed by atoms with Crippen molar-refractivity contribution in [2.24, 2.45) is 0 Å². The molecule has 2 rings (SSSR count). The lowest BCUT2D eigenvalue weighted by Gasteiger charge is -2.15. The van der Waals surface area contributed by atoms with E-state index in [0.29, 0.717) is 22.8 Å². The summed E-state index contributed by atoms with van der Waals surface area (Å²) >= 11 is 0.466. The molecule has 2 aromatic rings. The summed E-state index contributed by atoms with van der Waals surface area (Å²) in [4.78, 5) is 0. The Balaban J connectivity index is 2.15. The summed E-state index contributed by atoms with van der Waals surface area (Å²) in [5.74, 6) is 1.12. The predicted molar refractivity (Wildman–Crippen MR) is 76.5 cm³/mol. The molecule has 0 aliphatic carbocycles. The van der Waals surface area contributed by atoms with Crippen LogP contribution in [-0.4, -0.2) is 24.4 Å². The van der Waals surface area contributed by atoms with E-state index in [1.165, 1.54) is 14.2 Å². The van der Waals surface area contributed by atoms with Gasteiger partial charge in [-0.2, -0.15) is 13.2 Å². The number of hydrogen-bond donors (Lipinski definition) is 1. The largest absolute Gasteiger partial charge is 0.493 e. The molecule has 1 heterocycles. The van der Waals surface area contributed by atoms with Gasteiger partial charge in [0, 0.05) is 0 Å². The molecule has 9 heteroatoms. The van der Waals surface area contributed by atoms with E-state index in [1.54, 1.807) is 25.1 Å². The number of ether oxygens (including phenoxy) is 2. The van der Waals surface area contributed by atoms with E-state index in [2.05, 4.69) is 15.5 Å². The minimum atomic E-state index is -4.48. The first-order valence-corrected chi connectivity index (χ1v) is 7.06. The van der Waals surface area contributed by atoms with Gasteiger partial charge in [0.15, 0.2) is 11.5 Å². The van der Waals surface area contributed by atoms with Crippen LogP contribution in [0.2, 0.25) is 0 Å². The number of nitrogens with zero attached hydrogens (tertiary/aromatic N) is 2. The van der Waals surface area contributed by atoms with E-state index in [0.717, 1.165) is 5.56 Å². The maximum absolute atomic E-state index is 12.5. The van der Waals surface area contributed by atoms with Crippen LogP contribution < -0.4 is 14.8 Å². The Morgan fingerprint density at radius 3 is 2.36 bits per heavy atom. The van der Waals surface area contributed by atoms with Gasteiger partial charge < -0.3 is 14.8 Å². The summed E-state index contributed by atoms with van der Waals surface area (Å²) in [6, 6.07) is 5.01. The highest BCUT2D eigenvalue weighted by atomic mass is 32.1. The third kappa shape index (κ3) is 3.59. The molecule has 0 radical (unpaired) electrons. The van der Waals surface area contributed by atoms with Crippen molar-refractivity contribution in [1.82, 2.24) is 10.2 Å². The zero-order valence-electron chi connectivity index (χ0n) is 12.1. The first-order chi connectivity index (χ1) is 10.3. The van der Waals surface area contributed by atoms with Crippen molar-refractivity contribution < 1.29 is 22.6 Å². The molecule has 0 aliphatic rings. The van der Waals surface area contributed by atoms with E-state index in [4.69, 9.17) is 9.47 Å². The number of anilines is 1. The molecule has 0 saturated carbocycles. The zero-order valence-corrected chi connectivity index (χ0v) is 12.9. The Morgan fingerprint density at radius 2 is 1.82 bits per heavy atom. The Bertz CT molecular complexity index is 646. The topological polar surface area (TPSA) is 56.3 Å². The van der Waals surface area contributed by atoms with Crippen molar-refractivity contribution >= 4 is 16.5 Å². The van der Waals surface area contributed by atoms with Crippen molar-refractivity contribution in [2.75, 3.05) is 19.5 Å². The molecule has 0 amide bonds. The monoisotopic (exact) mass is 333 g/mol. The number of hydrogen-bond acceptors (Lipinski definition) is 6. The van der Waals surface area contributed by atoms with E-state index < -0.39 is 11.2 Å². The fourth-order valence-corrected chi connectivity index (χ4v) is 2.48. The lowest BCUT2D eigenvalue weighted by atomic mass is 10.1. The van der Waals surface area contributed by atoms with Crippen LogP contribution in [0.15, 0.2) is 18.2 Å². The number of nitrogens with one attached hydrogen (secondary N) is 1. The van der Waals surface area contributed by atoms with E-state index in [-0.39, 0.29) is 11.2 Å². The molecule has 22 heavy (non-hydrogen) atoms. The SMILES string of the molecule is COc1ccc([C@H](C)Nc2nnc(C(F)(F)F)s2)cc1OC. The quantitative estimate of drug-likeness (QED) is 0.903. The van der Waals surface area contributed by atoms with Gasteiger partial charge in [0.05, 0.1) is 20.3 Å². The summed E-state index contributed by atoms with van der Waals surface area (Å²) in [6.45, 7) is 1.80. The van der Waals surface area contributed by atoms with E-state index in [9.17, 15) is 13.2 Å². The van der Waals surface area contributed by atoms with Crippen LogP contribution in [0.1, 0.15) is 23.5 Å². The molecule has 0 spiro atoms. The number of methoxy groups -OCH3 is 2. The van der Waals surface area contributed by atoms with E-state index >= 15 is 0 Å². The number of benzene rings is 1. The van der Waals surface area contributed by atoms with Gasteiger partial charge in [-0.25, -0.2) is 0 Å². The summed E-state index contributed by atoms with van der Waals surface area (Å²) in [7, 11) is 3.04. The van der Waals surface area contributed by atoms with Gasteiger partial charge in [0.1, 0.15) is 0 Å². The minimum absolute atomic E-state index is 0.106. The molecule has 1 aromatic heterocycles. The molecule has 1 N–H and O–H groups in total. The summed E-state index contributed by atoms with van der Waals surface area (Å²) < 4.78 is 47.8. The Labute approximate surface area is 129 Å². The fraction of sp³-hybridized carbons (Fsp3) is 0.385. The molecule has 0 saturated heterocycles. The molecule has 1 atom stereocenters. The van der Waals surface area contributed by atoms with Crippen molar-refractivity contribution in [3.05, 3.63) is 28.8 Å². The number of halogens is 3. The fourth-order valence-electron chi connectivity index (χ4n) is 1.79. The van der Waals surface area contributed by atoms with Gasteiger partial charge in [-0.15, -0.1) is 10.2 Å². The molecular weight excluding hydrogens is 319 g/mol. The highest BCUT2D eigenvalue weighted by Gasteiger charge is 2.35. The lowest BCUT2D eigenvalue weighted by Crippen LogP contribution is -2.06. The molecule has 0 fully saturated rings. The normalized spacial score (nSPS) is 12.8. The molecule has 120 valence electrons. The average Bonchev–Trinajstić information content (AvgIpc) is 2.95. The zero-order chi connectivity index (χ0) is 16.3. The van der Waals surface area contributed by atoms with Crippen molar-refractivity contribution in [1.29, 1.82) is 0 Å². The average molecular weight is 333 g/mol. The van der Waals surface area contributed by atoms with Crippen LogP contribution in [0, 0.1) is 0 Å². The van der Waals surface area contributed by atoms with Crippen molar-refractivity contribution in [3.8, 4) is 11.5 Å². The van der Waals surface area contributed by atoms with E-state index in [1.807, 2.05) is 0 Å². The van der Waals surface area contributed by atoms with Gasteiger partial charge in [-0.1, -0.05) is 17.4 Å². The number of aromatic nitrogens is 2. The lowest BCUT2D eigenvalue weighted by molar-refractivity contribution is -0.138. The molecule has 1 aromatic carbocycles. The third-order valence-corrected chi connectivity index (χ3v) is 3.81. The second kappa shape index (κ2) is 6.39. The Morgan fingerprint density at radius 1 is 1.14 bits per heavy atom. The van der Waals surface area contributed by atoms with Crippen LogP contribution in [0.3, 0.4) is 0 Å². The summed E-state index contributed by atoms with van der Waals surface area (Å²) in [5.41, 5.74) is 0.821. The first-order valence-electron chi connectivity index (χ1n) is 6.24. The van der Waals surface area contributed by atoms with Gasteiger partial charge in [0.25, 0.3) is 0 Å². The maximum Gasteiger partial charge on any atom is 0.445 e. The van der Waals surface area contributed by atoms with Crippen molar-refractivity contribution in [2.45, 2.75) is 19.1 Å². The second-order valence-electron chi connectivity index (χ2n) is 4.39. The van der Waals surface area contributed by atoms with Gasteiger partial charge in [0.2, 0.25) is 10.1 Å². The highest BCUT2D eigenvalue weighted by molar-refractivity contribution is 7.15. The standard InChI is InChI=1S/C13H14F3N3O2S/c1-7(8-4-5-9(20-2)10(6-8)21-3)17-12-19-18-11(22-12)13(14,15)16/h4-7H,1-3H3,(H,17,19)/t7-/m0/s1. The Hall–Kier alpha value is -2.03. The maximum atomic E-state index is 12.5. The second-order valence-corrected chi connectivity index (χ2v) is 5.37. The van der Waals surface area contributed by atoms with Crippen LogP contribution in [0.5, 0.6) is 11.5 Å². The smallest absolute Gasteiger partial charge is 0.445 e. The Kier molecular flexibility index (Phi) is 4.74. The molecule has 0 aliphatic heterocycles. The number of rotatable bonds is 5. The molecule has 0 bridgehead atoms. The van der Waals surface area contributed by atoms with Crippen LogP contribution in [-0.2, 0) is 6.18 Å². The first kappa shape index (κ1) is 16.3. The summed E-state index contributed by atoms with van der Waals surface area (Å²) in [5, 5.41) is 8.65. The molecule has 5 nitrogen and oxygen atoms in total. The van der Waals surface area contributed by atoms with Gasteiger partial charge in [-0.05, 0) is 24.6 Å². The van der Waals surface area contributed by atoms with Gasteiger partial charge >= 0.3 is 6.18 Å².